The first-order chi connectivity index (χ1) is 21.0. The van der Waals surface area contributed by atoms with Crippen molar-refractivity contribution in [3.63, 3.8) is 0 Å². The topological polar surface area (TPSA) is 123 Å². The number of hydrogen-bond acceptors (Lipinski definition) is 5. The molecule has 3 atom stereocenters. The van der Waals surface area contributed by atoms with Crippen LogP contribution in [0.4, 0.5) is 8.78 Å². The maximum absolute atomic E-state index is 14.4. The predicted octanol–water partition coefficient (Wildman–Crippen LogP) is 5.56. The molecule has 6 N–H and O–H groups in total. The largest absolute Gasteiger partial charge is 0.389 e. The zero-order valence-electron chi connectivity index (χ0n) is 24.9. The number of amides is 1. The third-order valence-electron chi connectivity index (χ3n) is 8.09. The van der Waals surface area contributed by atoms with Gasteiger partial charge in [0.15, 0.2) is 5.84 Å². The number of oxime groups is 1. The Hall–Kier alpha value is -4.60. The van der Waals surface area contributed by atoms with Crippen LogP contribution in [0.2, 0.25) is 0 Å². The quantitative estimate of drug-likeness (QED) is 0.114. The summed E-state index contributed by atoms with van der Waals surface area (Å²) < 4.78 is 27.8. The fourth-order valence-electron chi connectivity index (χ4n) is 5.34. The van der Waals surface area contributed by atoms with E-state index in [0.717, 1.165) is 28.3 Å². The molecule has 44 heavy (non-hydrogen) atoms. The van der Waals surface area contributed by atoms with Crippen molar-refractivity contribution in [2.24, 2.45) is 22.5 Å². The minimum Gasteiger partial charge on any atom is -0.389 e. The van der Waals surface area contributed by atoms with Gasteiger partial charge in [-0.15, -0.1) is 0 Å². The molecule has 0 spiro atoms. The molecular formula is C35H36F2N4O3. The molecule has 1 aliphatic rings. The lowest BCUT2D eigenvalue weighted by Crippen LogP contribution is -2.38. The van der Waals surface area contributed by atoms with E-state index in [9.17, 15) is 18.7 Å². The van der Waals surface area contributed by atoms with Gasteiger partial charge in [-0.2, -0.15) is 0 Å². The second kappa shape index (κ2) is 13.0. The third kappa shape index (κ3) is 6.64. The van der Waals surface area contributed by atoms with Gasteiger partial charge in [-0.25, -0.2) is 8.78 Å². The van der Waals surface area contributed by atoms with Crippen molar-refractivity contribution in [2.45, 2.75) is 52.0 Å². The van der Waals surface area contributed by atoms with Gasteiger partial charge in [0.25, 0.3) is 5.91 Å². The van der Waals surface area contributed by atoms with Crippen LogP contribution in [-0.4, -0.2) is 29.0 Å². The van der Waals surface area contributed by atoms with Crippen LogP contribution in [-0.2, 0) is 17.8 Å². The van der Waals surface area contributed by atoms with Crippen molar-refractivity contribution in [3.8, 4) is 11.1 Å². The highest BCUT2D eigenvalue weighted by Gasteiger charge is 2.25. The number of hydrogen-bond donors (Lipinski definition) is 4. The maximum Gasteiger partial charge on any atom is 0.251 e. The number of rotatable bonds is 9. The Labute approximate surface area is 255 Å². The highest BCUT2D eigenvalue weighted by Crippen LogP contribution is 2.37. The maximum atomic E-state index is 14.4. The number of benzene rings is 4. The van der Waals surface area contributed by atoms with Crippen molar-refractivity contribution in [1.29, 1.82) is 0 Å². The van der Waals surface area contributed by atoms with Gasteiger partial charge in [-0.05, 0) is 76.9 Å². The van der Waals surface area contributed by atoms with E-state index in [1.165, 1.54) is 12.1 Å². The van der Waals surface area contributed by atoms with Crippen LogP contribution in [0.1, 0.15) is 70.6 Å². The van der Waals surface area contributed by atoms with E-state index < -0.39 is 17.7 Å². The number of fused-ring (bicyclic) bond motifs is 2. The number of carbonyl (C=O) groups excluding carboxylic acids is 1. The van der Waals surface area contributed by atoms with Crippen LogP contribution in [0.25, 0.3) is 11.1 Å². The Morgan fingerprint density at radius 1 is 0.955 bits per heavy atom. The average Bonchev–Trinajstić information content (AvgIpc) is 3.01. The molecule has 0 radical (unpaired) electrons. The number of aliphatic hydroxyl groups is 1. The first-order valence-corrected chi connectivity index (χ1v) is 14.5. The van der Waals surface area contributed by atoms with E-state index in [4.69, 9.17) is 16.3 Å². The summed E-state index contributed by atoms with van der Waals surface area (Å²) in [5.74, 6) is -1.08. The summed E-state index contributed by atoms with van der Waals surface area (Å²) in [5, 5.41) is 18.0. The predicted molar refractivity (Wildman–Crippen MR) is 167 cm³/mol. The molecule has 228 valence electrons. The Morgan fingerprint density at radius 3 is 2.30 bits per heavy atom. The van der Waals surface area contributed by atoms with Gasteiger partial charge in [-0.1, -0.05) is 67.5 Å². The second-order valence-electron chi connectivity index (χ2n) is 11.5. The zero-order chi connectivity index (χ0) is 31.5. The summed E-state index contributed by atoms with van der Waals surface area (Å²) in [6.45, 7) is 6.18. The Balaban J connectivity index is 1.24. The zero-order valence-corrected chi connectivity index (χ0v) is 24.9. The van der Waals surface area contributed by atoms with Gasteiger partial charge in [0, 0.05) is 35.3 Å². The van der Waals surface area contributed by atoms with Gasteiger partial charge < -0.3 is 26.7 Å². The molecule has 4 aromatic rings. The number of nitrogens with zero attached hydrogens (tertiary/aromatic N) is 1. The molecule has 5 rings (SSSR count). The van der Waals surface area contributed by atoms with Crippen molar-refractivity contribution < 1.29 is 23.5 Å². The van der Waals surface area contributed by atoms with Gasteiger partial charge in [0.2, 0.25) is 0 Å². The molecule has 0 aromatic heterocycles. The summed E-state index contributed by atoms with van der Waals surface area (Å²) in [4.78, 5) is 18.5. The van der Waals surface area contributed by atoms with Crippen LogP contribution in [0, 0.1) is 17.6 Å². The number of halogens is 2. The summed E-state index contributed by atoms with van der Waals surface area (Å²) in [6.07, 6.45) is -0.711. The molecule has 1 unspecified atom stereocenters. The van der Waals surface area contributed by atoms with Crippen LogP contribution in [0.3, 0.4) is 0 Å². The van der Waals surface area contributed by atoms with Crippen molar-refractivity contribution in [3.05, 3.63) is 129 Å². The number of aliphatic hydroxyl groups excluding tert-OH is 1. The molecule has 0 fully saturated rings. The average molecular weight is 599 g/mol. The molecule has 0 saturated carbocycles. The smallest absolute Gasteiger partial charge is 0.251 e. The van der Waals surface area contributed by atoms with E-state index >= 15 is 0 Å². The monoisotopic (exact) mass is 598 g/mol. The van der Waals surface area contributed by atoms with Crippen molar-refractivity contribution in [1.82, 2.24) is 5.32 Å². The SMILES string of the molecule is CC(C)[C@H](N)C(C)O/N=C(\N)c1ccc(CNC(=O)c2ccc3c(c2)Cc2cc(-c4ccc(F)cc4F)ccc2[C@@H]3O)cc1. The first-order valence-electron chi connectivity index (χ1n) is 14.5. The number of amidine groups is 1. The van der Waals surface area contributed by atoms with Gasteiger partial charge in [0.05, 0.1) is 0 Å². The molecule has 4 aromatic carbocycles. The fraction of sp³-hybridized carbons (Fsp3) is 0.257. The first kappa shape index (κ1) is 30.8. The third-order valence-corrected chi connectivity index (χ3v) is 8.09. The van der Waals surface area contributed by atoms with E-state index in [1.807, 2.05) is 32.9 Å². The number of nitrogens with two attached hydrogens (primary N) is 2. The molecule has 0 saturated heterocycles. The Kier molecular flexibility index (Phi) is 9.08. The van der Waals surface area contributed by atoms with Gasteiger partial charge >= 0.3 is 0 Å². The second-order valence-corrected chi connectivity index (χ2v) is 11.5. The lowest BCUT2D eigenvalue weighted by atomic mass is 9.82. The molecule has 9 heteroatoms. The molecule has 0 aliphatic heterocycles. The summed E-state index contributed by atoms with van der Waals surface area (Å²) in [5.41, 5.74) is 18.1. The molecule has 1 aliphatic carbocycles. The number of nitrogens with one attached hydrogen (secondary N) is 1. The van der Waals surface area contributed by atoms with E-state index in [2.05, 4.69) is 10.5 Å². The van der Waals surface area contributed by atoms with Crippen molar-refractivity contribution >= 4 is 11.7 Å². The molecular weight excluding hydrogens is 562 g/mol. The molecule has 1 amide bonds. The summed E-state index contributed by atoms with van der Waals surface area (Å²) in [7, 11) is 0. The minimum absolute atomic E-state index is 0.167. The number of carbonyl (C=O) groups is 1. The highest BCUT2D eigenvalue weighted by atomic mass is 19.1. The van der Waals surface area contributed by atoms with E-state index in [1.54, 1.807) is 48.5 Å². The molecule has 0 bridgehead atoms. The highest BCUT2D eigenvalue weighted by molar-refractivity contribution is 5.97. The minimum atomic E-state index is -0.881. The van der Waals surface area contributed by atoms with Gasteiger partial charge in [0.1, 0.15) is 23.8 Å². The van der Waals surface area contributed by atoms with E-state index in [-0.39, 0.29) is 35.4 Å². The lowest BCUT2D eigenvalue weighted by Gasteiger charge is -2.26. The van der Waals surface area contributed by atoms with Crippen LogP contribution >= 0.6 is 0 Å². The van der Waals surface area contributed by atoms with Crippen LogP contribution < -0.4 is 16.8 Å². The fourth-order valence-corrected chi connectivity index (χ4v) is 5.34. The van der Waals surface area contributed by atoms with Gasteiger partial charge in [-0.3, -0.25) is 4.79 Å². The van der Waals surface area contributed by atoms with Crippen LogP contribution in [0.5, 0.6) is 0 Å². The summed E-state index contributed by atoms with van der Waals surface area (Å²) >= 11 is 0. The Morgan fingerprint density at radius 2 is 1.61 bits per heavy atom. The van der Waals surface area contributed by atoms with Crippen LogP contribution in [0.15, 0.2) is 84.0 Å². The standard InChI is InChI=1S/C35H36F2N4O3/c1-19(2)32(38)20(3)44-41-34(39)22-6-4-21(5-7-22)18-40-35(43)24-9-12-30-26(15-24)16-25-14-23(8-11-29(25)33(30)42)28-13-10-27(36)17-31(28)37/h4-15,17,19-20,32-33,42H,16,18,38H2,1-3H3,(H2,39,41)(H,40,43)/t20?,32-,33-/m0/s1. The molecule has 7 nitrogen and oxygen atoms in total. The Bertz CT molecular complexity index is 1710. The normalized spacial score (nSPS) is 15.7. The van der Waals surface area contributed by atoms with Crippen molar-refractivity contribution in [2.75, 3.05) is 0 Å². The molecule has 0 heterocycles. The van der Waals surface area contributed by atoms with E-state index in [0.29, 0.717) is 35.2 Å². The lowest BCUT2D eigenvalue weighted by molar-refractivity contribution is 0.0424. The summed E-state index contributed by atoms with van der Waals surface area (Å²) in [6, 6.07) is 21.1.